The SMILES string of the molecule is CC1(CNc2ccc3ccccc3n2)CCCS1. The van der Waals surface area contributed by atoms with E-state index in [4.69, 9.17) is 0 Å². The van der Waals surface area contributed by atoms with Crippen molar-refractivity contribution in [1.82, 2.24) is 4.98 Å². The normalized spacial score (nSPS) is 23.4. The minimum Gasteiger partial charge on any atom is -0.369 e. The highest BCUT2D eigenvalue weighted by Gasteiger charge is 2.29. The van der Waals surface area contributed by atoms with E-state index in [0.717, 1.165) is 17.9 Å². The average molecular weight is 258 g/mol. The third-order valence-corrected chi connectivity index (χ3v) is 5.08. The predicted molar refractivity (Wildman–Crippen MR) is 80.3 cm³/mol. The van der Waals surface area contributed by atoms with Gasteiger partial charge in [0.1, 0.15) is 5.82 Å². The van der Waals surface area contributed by atoms with Crippen LogP contribution in [0, 0.1) is 0 Å². The van der Waals surface area contributed by atoms with Gasteiger partial charge in [0.2, 0.25) is 0 Å². The molecule has 1 aromatic heterocycles. The molecule has 2 nitrogen and oxygen atoms in total. The van der Waals surface area contributed by atoms with E-state index in [1.807, 2.05) is 12.1 Å². The molecule has 1 atom stereocenters. The molecule has 94 valence electrons. The van der Waals surface area contributed by atoms with Crippen LogP contribution >= 0.6 is 11.8 Å². The molecule has 0 radical (unpaired) electrons. The number of anilines is 1. The molecule has 1 saturated heterocycles. The maximum Gasteiger partial charge on any atom is 0.126 e. The molecule has 1 fully saturated rings. The van der Waals surface area contributed by atoms with Crippen molar-refractivity contribution in [2.24, 2.45) is 0 Å². The summed E-state index contributed by atoms with van der Waals surface area (Å²) in [5.41, 5.74) is 1.06. The maximum atomic E-state index is 4.65. The van der Waals surface area contributed by atoms with E-state index >= 15 is 0 Å². The summed E-state index contributed by atoms with van der Waals surface area (Å²) in [7, 11) is 0. The lowest BCUT2D eigenvalue weighted by Gasteiger charge is -2.23. The van der Waals surface area contributed by atoms with Gasteiger partial charge in [0.25, 0.3) is 0 Å². The number of nitrogens with one attached hydrogen (secondary N) is 1. The summed E-state index contributed by atoms with van der Waals surface area (Å²) in [6, 6.07) is 12.5. The van der Waals surface area contributed by atoms with Crippen molar-refractivity contribution in [3.8, 4) is 0 Å². The smallest absolute Gasteiger partial charge is 0.126 e. The Kier molecular flexibility index (Phi) is 3.16. The Labute approximate surface area is 112 Å². The van der Waals surface area contributed by atoms with Crippen molar-refractivity contribution in [2.75, 3.05) is 17.6 Å². The number of nitrogens with zero attached hydrogens (tertiary/aromatic N) is 1. The van der Waals surface area contributed by atoms with E-state index in [0.29, 0.717) is 4.75 Å². The first-order valence-electron chi connectivity index (χ1n) is 6.49. The zero-order valence-electron chi connectivity index (χ0n) is 10.6. The van der Waals surface area contributed by atoms with Crippen LogP contribution in [0.25, 0.3) is 10.9 Å². The van der Waals surface area contributed by atoms with Gasteiger partial charge in [-0.3, -0.25) is 0 Å². The summed E-state index contributed by atoms with van der Waals surface area (Å²) in [5.74, 6) is 2.28. The van der Waals surface area contributed by atoms with Crippen molar-refractivity contribution < 1.29 is 0 Å². The van der Waals surface area contributed by atoms with Gasteiger partial charge in [0.15, 0.2) is 0 Å². The number of thioether (sulfide) groups is 1. The van der Waals surface area contributed by atoms with E-state index in [1.165, 1.54) is 24.0 Å². The average Bonchev–Trinajstić information content (AvgIpc) is 2.84. The molecular weight excluding hydrogens is 240 g/mol. The fraction of sp³-hybridized carbons (Fsp3) is 0.400. The van der Waals surface area contributed by atoms with Gasteiger partial charge in [-0.1, -0.05) is 18.2 Å². The van der Waals surface area contributed by atoms with Crippen LogP contribution in [0.3, 0.4) is 0 Å². The molecule has 0 saturated carbocycles. The van der Waals surface area contributed by atoms with E-state index < -0.39 is 0 Å². The molecule has 0 amide bonds. The van der Waals surface area contributed by atoms with Gasteiger partial charge in [-0.15, -0.1) is 0 Å². The Bertz CT molecular complexity index is 547. The first-order valence-corrected chi connectivity index (χ1v) is 7.47. The van der Waals surface area contributed by atoms with Crippen LogP contribution in [0.2, 0.25) is 0 Å². The van der Waals surface area contributed by atoms with Gasteiger partial charge >= 0.3 is 0 Å². The Morgan fingerprint density at radius 2 is 2.17 bits per heavy atom. The molecule has 0 aliphatic carbocycles. The fourth-order valence-electron chi connectivity index (χ4n) is 2.42. The molecule has 1 N–H and O–H groups in total. The van der Waals surface area contributed by atoms with Crippen LogP contribution in [-0.2, 0) is 0 Å². The van der Waals surface area contributed by atoms with Crippen LogP contribution < -0.4 is 5.32 Å². The molecule has 1 unspecified atom stereocenters. The van der Waals surface area contributed by atoms with Crippen molar-refractivity contribution in [1.29, 1.82) is 0 Å². The number of benzene rings is 1. The van der Waals surface area contributed by atoms with E-state index in [2.05, 4.69) is 53.3 Å². The molecule has 3 heteroatoms. The molecule has 2 heterocycles. The minimum atomic E-state index is 0.382. The molecule has 2 aromatic rings. The second-order valence-electron chi connectivity index (χ2n) is 5.14. The van der Waals surface area contributed by atoms with Gasteiger partial charge in [-0.2, -0.15) is 11.8 Å². The van der Waals surface area contributed by atoms with E-state index in [1.54, 1.807) is 0 Å². The van der Waals surface area contributed by atoms with Crippen molar-refractivity contribution in [3.63, 3.8) is 0 Å². The lowest BCUT2D eigenvalue weighted by Crippen LogP contribution is -2.27. The Morgan fingerprint density at radius 1 is 1.28 bits per heavy atom. The number of hydrogen-bond donors (Lipinski definition) is 1. The molecular formula is C15H18N2S. The number of fused-ring (bicyclic) bond motifs is 1. The second-order valence-corrected chi connectivity index (χ2v) is 6.83. The van der Waals surface area contributed by atoms with Crippen LogP contribution in [0.1, 0.15) is 19.8 Å². The fourth-order valence-corrected chi connectivity index (χ4v) is 3.66. The first-order chi connectivity index (χ1) is 8.75. The molecule has 18 heavy (non-hydrogen) atoms. The Hall–Kier alpha value is -1.22. The first kappa shape index (κ1) is 11.8. The molecule has 1 aliphatic heterocycles. The zero-order chi connectivity index (χ0) is 12.4. The number of para-hydroxylation sites is 1. The quantitative estimate of drug-likeness (QED) is 0.903. The Morgan fingerprint density at radius 3 is 3.00 bits per heavy atom. The van der Waals surface area contributed by atoms with Crippen LogP contribution in [0.4, 0.5) is 5.82 Å². The van der Waals surface area contributed by atoms with Gasteiger partial charge in [0, 0.05) is 16.7 Å². The lowest BCUT2D eigenvalue weighted by molar-refractivity contribution is 0.634. The third kappa shape index (κ3) is 2.46. The maximum absolute atomic E-state index is 4.65. The predicted octanol–water partition coefficient (Wildman–Crippen LogP) is 3.93. The summed E-state index contributed by atoms with van der Waals surface area (Å²) < 4.78 is 0.382. The highest BCUT2D eigenvalue weighted by Crippen LogP contribution is 2.37. The highest BCUT2D eigenvalue weighted by atomic mass is 32.2. The molecule has 0 spiro atoms. The van der Waals surface area contributed by atoms with Crippen molar-refractivity contribution >= 4 is 28.5 Å². The van der Waals surface area contributed by atoms with Crippen molar-refractivity contribution in [3.05, 3.63) is 36.4 Å². The van der Waals surface area contributed by atoms with Crippen LogP contribution in [0.5, 0.6) is 0 Å². The number of pyridine rings is 1. The summed E-state index contributed by atoms with van der Waals surface area (Å²) in [4.78, 5) is 4.65. The minimum absolute atomic E-state index is 0.382. The second kappa shape index (κ2) is 4.81. The number of aromatic nitrogens is 1. The van der Waals surface area contributed by atoms with Gasteiger partial charge in [0.05, 0.1) is 5.52 Å². The van der Waals surface area contributed by atoms with Gasteiger partial charge in [-0.05, 0) is 43.7 Å². The van der Waals surface area contributed by atoms with E-state index in [9.17, 15) is 0 Å². The molecule has 1 aliphatic rings. The van der Waals surface area contributed by atoms with Gasteiger partial charge in [-0.25, -0.2) is 4.98 Å². The standard InChI is InChI=1S/C15H18N2S/c1-15(9-4-10-18-15)11-16-14-8-7-12-5-2-3-6-13(12)17-14/h2-3,5-8H,4,9-11H2,1H3,(H,16,17). The van der Waals surface area contributed by atoms with Crippen LogP contribution in [0.15, 0.2) is 36.4 Å². The summed E-state index contributed by atoms with van der Waals surface area (Å²) in [5, 5.41) is 4.69. The largest absolute Gasteiger partial charge is 0.369 e. The molecule has 3 rings (SSSR count). The summed E-state index contributed by atoms with van der Waals surface area (Å²) >= 11 is 2.08. The van der Waals surface area contributed by atoms with E-state index in [-0.39, 0.29) is 0 Å². The lowest BCUT2D eigenvalue weighted by atomic mass is 10.1. The number of rotatable bonds is 3. The highest BCUT2D eigenvalue weighted by molar-refractivity contribution is 8.00. The molecule has 1 aromatic carbocycles. The third-order valence-electron chi connectivity index (χ3n) is 3.54. The van der Waals surface area contributed by atoms with Gasteiger partial charge < -0.3 is 5.32 Å². The summed E-state index contributed by atoms with van der Waals surface area (Å²) in [6.45, 7) is 3.35. The number of hydrogen-bond acceptors (Lipinski definition) is 3. The topological polar surface area (TPSA) is 24.9 Å². The van der Waals surface area contributed by atoms with Crippen LogP contribution in [-0.4, -0.2) is 22.0 Å². The van der Waals surface area contributed by atoms with Crippen molar-refractivity contribution in [2.45, 2.75) is 24.5 Å². The summed E-state index contributed by atoms with van der Waals surface area (Å²) in [6.07, 6.45) is 2.65. The Balaban J connectivity index is 1.74. The molecule has 0 bridgehead atoms. The zero-order valence-corrected chi connectivity index (χ0v) is 11.5. The monoisotopic (exact) mass is 258 g/mol.